The van der Waals surface area contributed by atoms with E-state index < -0.39 is 0 Å². The lowest BCUT2D eigenvalue weighted by atomic mass is 10.2. The van der Waals surface area contributed by atoms with Crippen LogP contribution in [0.4, 0.5) is 11.4 Å². The predicted molar refractivity (Wildman–Crippen MR) is 122 cm³/mol. The number of amides is 2. The average molecular weight is 439 g/mol. The third kappa shape index (κ3) is 7.15. The van der Waals surface area contributed by atoms with E-state index in [-0.39, 0.29) is 36.6 Å². The number of rotatable bonds is 6. The van der Waals surface area contributed by atoms with Crippen LogP contribution in [0.15, 0.2) is 54.6 Å². The van der Waals surface area contributed by atoms with Crippen LogP contribution in [0.1, 0.15) is 23.2 Å². The molecule has 2 aromatic carbocycles. The van der Waals surface area contributed by atoms with Crippen molar-refractivity contribution in [1.29, 1.82) is 0 Å². The number of piperazine rings is 1. The summed E-state index contributed by atoms with van der Waals surface area (Å²) in [4.78, 5) is 28.6. The van der Waals surface area contributed by atoms with Crippen LogP contribution >= 0.6 is 24.8 Å². The van der Waals surface area contributed by atoms with Crippen molar-refractivity contribution in [2.45, 2.75) is 12.8 Å². The van der Waals surface area contributed by atoms with Gasteiger partial charge in [0.1, 0.15) is 0 Å². The molecule has 0 aliphatic carbocycles. The Morgan fingerprint density at radius 1 is 0.931 bits per heavy atom. The highest BCUT2D eigenvalue weighted by molar-refractivity contribution is 5.95. The first-order valence-corrected chi connectivity index (χ1v) is 9.35. The van der Waals surface area contributed by atoms with Gasteiger partial charge >= 0.3 is 0 Å². The highest BCUT2D eigenvalue weighted by Crippen LogP contribution is 2.16. The monoisotopic (exact) mass is 438 g/mol. The molecule has 158 valence electrons. The maximum atomic E-state index is 12.4. The van der Waals surface area contributed by atoms with E-state index in [0.29, 0.717) is 30.6 Å². The van der Waals surface area contributed by atoms with Crippen molar-refractivity contribution in [3.8, 4) is 0 Å². The van der Waals surface area contributed by atoms with Gasteiger partial charge in [-0.1, -0.05) is 24.3 Å². The van der Waals surface area contributed by atoms with Gasteiger partial charge in [0.25, 0.3) is 5.91 Å². The molecular formula is C21H28Cl2N4O2. The SMILES string of the molecule is Cl.Cl.Nc1cccc(C(=O)NCCCC(=O)N2CCN(c3ccccc3)CC2)c1. The zero-order valence-corrected chi connectivity index (χ0v) is 17.9. The first-order chi connectivity index (χ1) is 13.1. The van der Waals surface area contributed by atoms with E-state index in [1.54, 1.807) is 24.3 Å². The molecule has 0 aromatic heterocycles. The molecule has 0 bridgehead atoms. The molecule has 2 amide bonds. The minimum atomic E-state index is -0.161. The molecule has 0 saturated carbocycles. The molecule has 29 heavy (non-hydrogen) atoms. The van der Waals surface area contributed by atoms with Crippen LogP contribution in [0.2, 0.25) is 0 Å². The maximum absolute atomic E-state index is 12.4. The Hall–Kier alpha value is -2.44. The largest absolute Gasteiger partial charge is 0.399 e. The van der Waals surface area contributed by atoms with Crippen molar-refractivity contribution in [3.63, 3.8) is 0 Å². The molecule has 6 nitrogen and oxygen atoms in total. The number of hydrogen-bond donors (Lipinski definition) is 2. The van der Waals surface area contributed by atoms with E-state index in [1.807, 2.05) is 23.1 Å². The van der Waals surface area contributed by atoms with Gasteiger partial charge in [-0.25, -0.2) is 0 Å². The molecule has 3 rings (SSSR count). The molecule has 1 fully saturated rings. The highest BCUT2D eigenvalue weighted by Gasteiger charge is 2.20. The summed E-state index contributed by atoms with van der Waals surface area (Å²) < 4.78 is 0. The van der Waals surface area contributed by atoms with Gasteiger partial charge in [-0.15, -0.1) is 24.8 Å². The van der Waals surface area contributed by atoms with Crippen molar-refractivity contribution in [3.05, 3.63) is 60.2 Å². The summed E-state index contributed by atoms with van der Waals surface area (Å²) in [5.41, 5.74) is 7.99. The summed E-state index contributed by atoms with van der Waals surface area (Å²) in [5, 5.41) is 2.84. The van der Waals surface area contributed by atoms with E-state index >= 15 is 0 Å². The van der Waals surface area contributed by atoms with E-state index in [1.165, 1.54) is 5.69 Å². The van der Waals surface area contributed by atoms with Crippen LogP contribution in [-0.2, 0) is 4.79 Å². The van der Waals surface area contributed by atoms with Gasteiger partial charge in [-0.2, -0.15) is 0 Å². The Morgan fingerprint density at radius 2 is 1.62 bits per heavy atom. The zero-order valence-electron chi connectivity index (χ0n) is 16.3. The number of para-hydroxylation sites is 1. The topological polar surface area (TPSA) is 78.7 Å². The summed E-state index contributed by atoms with van der Waals surface area (Å²) >= 11 is 0. The molecule has 1 aliphatic rings. The third-order valence-electron chi connectivity index (χ3n) is 4.76. The lowest BCUT2D eigenvalue weighted by molar-refractivity contribution is -0.131. The van der Waals surface area contributed by atoms with Crippen LogP contribution in [0.25, 0.3) is 0 Å². The van der Waals surface area contributed by atoms with Gasteiger partial charge in [-0.05, 0) is 36.8 Å². The number of nitrogen functional groups attached to an aromatic ring is 1. The third-order valence-corrected chi connectivity index (χ3v) is 4.76. The van der Waals surface area contributed by atoms with E-state index in [9.17, 15) is 9.59 Å². The molecule has 3 N–H and O–H groups in total. The summed E-state index contributed by atoms with van der Waals surface area (Å²) in [6.07, 6.45) is 1.08. The standard InChI is InChI=1S/C21H26N4O2.2ClH/c22-18-7-4-6-17(16-18)21(27)23-11-5-10-20(26)25-14-12-24(13-15-25)19-8-2-1-3-9-19;;/h1-4,6-9,16H,5,10-15,22H2,(H,23,27);2*1H. The number of carbonyl (C=O) groups is 2. The Labute approximate surface area is 184 Å². The fourth-order valence-corrected chi connectivity index (χ4v) is 3.23. The molecule has 1 heterocycles. The van der Waals surface area contributed by atoms with E-state index in [0.717, 1.165) is 26.2 Å². The molecule has 0 unspecified atom stereocenters. The van der Waals surface area contributed by atoms with Crippen molar-refractivity contribution < 1.29 is 9.59 Å². The smallest absolute Gasteiger partial charge is 0.251 e. The minimum Gasteiger partial charge on any atom is -0.399 e. The number of benzene rings is 2. The van der Waals surface area contributed by atoms with Crippen LogP contribution in [-0.4, -0.2) is 49.4 Å². The number of nitrogens with zero attached hydrogens (tertiary/aromatic N) is 2. The molecule has 1 saturated heterocycles. The van der Waals surface area contributed by atoms with Gasteiger partial charge in [0.05, 0.1) is 0 Å². The number of carbonyl (C=O) groups excluding carboxylic acids is 2. The summed E-state index contributed by atoms with van der Waals surface area (Å²) in [7, 11) is 0. The maximum Gasteiger partial charge on any atom is 0.251 e. The van der Waals surface area contributed by atoms with Gasteiger partial charge in [0.2, 0.25) is 5.91 Å². The van der Waals surface area contributed by atoms with Crippen molar-refractivity contribution in [1.82, 2.24) is 10.2 Å². The Kier molecular flexibility index (Phi) is 10.3. The fraction of sp³-hybridized carbons (Fsp3) is 0.333. The van der Waals surface area contributed by atoms with Crippen molar-refractivity contribution >= 4 is 48.0 Å². The number of halogens is 2. The molecule has 8 heteroatoms. The first-order valence-electron chi connectivity index (χ1n) is 9.35. The molecule has 2 aromatic rings. The quantitative estimate of drug-likeness (QED) is 0.536. The molecule has 0 atom stereocenters. The number of nitrogens with two attached hydrogens (primary N) is 1. The number of nitrogens with one attached hydrogen (secondary N) is 1. The van der Waals surface area contributed by atoms with Gasteiger partial charge in [0, 0.05) is 56.1 Å². The number of hydrogen-bond acceptors (Lipinski definition) is 4. The van der Waals surface area contributed by atoms with Gasteiger partial charge in [-0.3, -0.25) is 9.59 Å². The lowest BCUT2D eigenvalue weighted by Gasteiger charge is -2.36. The van der Waals surface area contributed by atoms with E-state index in [2.05, 4.69) is 22.3 Å². The summed E-state index contributed by atoms with van der Waals surface area (Å²) in [6, 6.07) is 17.1. The van der Waals surface area contributed by atoms with Crippen molar-refractivity contribution in [2.75, 3.05) is 43.4 Å². The fourth-order valence-electron chi connectivity index (χ4n) is 3.23. The average Bonchev–Trinajstić information content (AvgIpc) is 2.71. The number of anilines is 2. The Bertz CT molecular complexity index is 781. The summed E-state index contributed by atoms with van der Waals surface area (Å²) in [6.45, 7) is 3.65. The predicted octanol–water partition coefficient (Wildman–Crippen LogP) is 2.97. The van der Waals surface area contributed by atoms with Gasteiger partial charge < -0.3 is 20.9 Å². The first kappa shape index (κ1) is 24.6. The molecule has 0 spiro atoms. The van der Waals surface area contributed by atoms with Crippen LogP contribution in [0, 0.1) is 0 Å². The Balaban J connectivity index is 0.00000210. The second kappa shape index (κ2) is 12.2. The second-order valence-electron chi connectivity index (χ2n) is 6.69. The normalized spacial score (nSPS) is 13.1. The minimum absolute atomic E-state index is 0. The highest BCUT2D eigenvalue weighted by atomic mass is 35.5. The Morgan fingerprint density at radius 3 is 2.28 bits per heavy atom. The van der Waals surface area contributed by atoms with Crippen molar-refractivity contribution in [2.24, 2.45) is 0 Å². The van der Waals surface area contributed by atoms with E-state index in [4.69, 9.17) is 5.73 Å². The second-order valence-corrected chi connectivity index (χ2v) is 6.69. The molecular weight excluding hydrogens is 411 g/mol. The van der Waals surface area contributed by atoms with Crippen LogP contribution in [0.3, 0.4) is 0 Å². The molecule has 1 aliphatic heterocycles. The summed E-state index contributed by atoms with van der Waals surface area (Å²) in [5.74, 6) is -0.00728. The zero-order chi connectivity index (χ0) is 19.1. The van der Waals surface area contributed by atoms with Crippen LogP contribution in [0.5, 0.6) is 0 Å². The van der Waals surface area contributed by atoms with Gasteiger partial charge in [0.15, 0.2) is 0 Å². The lowest BCUT2D eigenvalue weighted by Crippen LogP contribution is -2.48. The van der Waals surface area contributed by atoms with Crippen LogP contribution < -0.4 is 16.0 Å². The molecule has 0 radical (unpaired) electrons.